The zero-order chi connectivity index (χ0) is 22.9. The molecule has 1 unspecified atom stereocenters. The lowest BCUT2D eigenvalue weighted by atomic mass is 10.0. The fourth-order valence-electron chi connectivity index (χ4n) is 4.20. The highest BCUT2D eigenvalue weighted by Crippen LogP contribution is 2.21. The number of nitrogens with zero attached hydrogens (tertiary/aromatic N) is 2. The summed E-state index contributed by atoms with van der Waals surface area (Å²) in [6.07, 6.45) is 4.40. The molecule has 33 heavy (non-hydrogen) atoms. The quantitative estimate of drug-likeness (QED) is 0.544. The van der Waals surface area contributed by atoms with Crippen molar-refractivity contribution < 1.29 is 4.79 Å². The Kier molecular flexibility index (Phi) is 8.07. The molecule has 170 valence electrons. The number of carbonyl (C=O) groups is 1. The number of piperazine rings is 1. The summed E-state index contributed by atoms with van der Waals surface area (Å²) in [7, 11) is 0. The molecule has 0 bridgehead atoms. The van der Waals surface area contributed by atoms with Crippen molar-refractivity contribution >= 4 is 12.0 Å². The van der Waals surface area contributed by atoms with Crippen LogP contribution in [0.3, 0.4) is 0 Å². The number of rotatable bonds is 8. The molecule has 0 aromatic heterocycles. The molecule has 3 aromatic carbocycles. The lowest BCUT2D eigenvalue weighted by Crippen LogP contribution is -2.49. The van der Waals surface area contributed by atoms with Gasteiger partial charge in [-0.2, -0.15) is 0 Å². The molecule has 1 saturated heterocycles. The largest absolute Gasteiger partial charge is 0.348 e. The summed E-state index contributed by atoms with van der Waals surface area (Å²) in [5.41, 5.74) is 4.75. The topological polar surface area (TPSA) is 35.6 Å². The predicted molar refractivity (Wildman–Crippen MR) is 137 cm³/mol. The van der Waals surface area contributed by atoms with Crippen LogP contribution in [-0.4, -0.2) is 55.0 Å². The first-order valence-corrected chi connectivity index (χ1v) is 11.8. The van der Waals surface area contributed by atoms with E-state index in [0.29, 0.717) is 6.54 Å². The second-order valence-electron chi connectivity index (χ2n) is 8.67. The van der Waals surface area contributed by atoms with E-state index >= 15 is 0 Å². The van der Waals surface area contributed by atoms with Crippen LogP contribution in [0.1, 0.15) is 24.1 Å². The molecule has 0 saturated carbocycles. The summed E-state index contributed by atoms with van der Waals surface area (Å²) in [6.45, 7) is 7.28. The van der Waals surface area contributed by atoms with Gasteiger partial charge in [-0.05, 0) is 29.2 Å². The maximum Gasteiger partial charge on any atom is 0.234 e. The molecule has 0 radical (unpaired) electrons. The van der Waals surface area contributed by atoms with Crippen molar-refractivity contribution in [2.45, 2.75) is 13.0 Å². The van der Waals surface area contributed by atoms with Crippen molar-refractivity contribution in [2.24, 2.45) is 0 Å². The van der Waals surface area contributed by atoms with Crippen LogP contribution in [-0.2, 0) is 4.79 Å². The summed E-state index contributed by atoms with van der Waals surface area (Å²) in [4.78, 5) is 17.3. The molecule has 0 spiro atoms. The molecular weight excluding hydrogens is 406 g/mol. The number of nitrogens with one attached hydrogen (secondary N) is 1. The van der Waals surface area contributed by atoms with Gasteiger partial charge in [-0.1, -0.05) is 97.1 Å². The van der Waals surface area contributed by atoms with Gasteiger partial charge < -0.3 is 5.32 Å². The molecule has 1 aliphatic rings. The van der Waals surface area contributed by atoms with E-state index in [2.05, 4.69) is 87.9 Å². The molecule has 0 aliphatic carbocycles. The summed E-state index contributed by atoms with van der Waals surface area (Å²) < 4.78 is 0. The fraction of sp³-hybridized carbons (Fsp3) is 0.276. The van der Waals surface area contributed by atoms with Gasteiger partial charge in [0.2, 0.25) is 5.91 Å². The van der Waals surface area contributed by atoms with Crippen molar-refractivity contribution in [3.63, 3.8) is 0 Å². The smallest absolute Gasteiger partial charge is 0.234 e. The van der Waals surface area contributed by atoms with Crippen LogP contribution in [0.2, 0.25) is 0 Å². The van der Waals surface area contributed by atoms with Gasteiger partial charge in [-0.25, -0.2) is 0 Å². The highest BCUT2D eigenvalue weighted by atomic mass is 16.2. The predicted octanol–water partition coefficient (Wildman–Crippen LogP) is 4.86. The van der Waals surface area contributed by atoms with Crippen LogP contribution in [0.4, 0.5) is 0 Å². The van der Waals surface area contributed by atoms with Gasteiger partial charge in [0.1, 0.15) is 0 Å². The standard InChI is InChI=1S/C29H33N3O/c1-24(26-14-16-28(17-15-26)27-12-6-3-7-13-27)30-29(33)23-32-21-19-31(20-22-32)18-8-11-25-9-4-2-5-10-25/h2-17,24H,18-23H2,1H3,(H,30,33). The van der Waals surface area contributed by atoms with Crippen molar-refractivity contribution in [2.75, 3.05) is 39.3 Å². The molecule has 3 aromatic rings. The highest BCUT2D eigenvalue weighted by molar-refractivity contribution is 5.78. The Bertz CT molecular complexity index is 1020. The van der Waals surface area contributed by atoms with Crippen LogP contribution in [0.25, 0.3) is 17.2 Å². The van der Waals surface area contributed by atoms with E-state index in [1.54, 1.807) is 0 Å². The average molecular weight is 440 g/mol. The van der Waals surface area contributed by atoms with Crippen molar-refractivity contribution in [3.05, 3.63) is 102 Å². The second-order valence-corrected chi connectivity index (χ2v) is 8.67. The SMILES string of the molecule is CC(NC(=O)CN1CCN(CC=Cc2ccccc2)CC1)c1ccc(-c2ccccc2)cc1. The third-order valence-electron chi connectivity index (χ3n) is 6.20. The van der Waals surface area contributed by atoms with E-state index in [4.69, 9.17) is 0 Å². The maximum absolute atomic E-state index is 12.6. The number of amides is 1. The zero-order valence-corrected chi connectivity index (χ0v) is 19.4. The number of carbonyl (C=O) groups excluding carboxylic acids is 1. The Morgan fingerprint density at radius 1 is 0.818 bits per heavy atom. The fourth-order valence-corrected chi connectivity index (χ4v) is 4.20. The van der Waals surface area contributed by atoms with E-state index < -0.39 is 0 Å². The van der Waals surface area contributed by atoms with E-state index in [1.165, 1.54) is 16.7 Å². The van der Waals surface area contributed by atoms with Crippen LogP contribution in [0.15, 0.2) is 91.0 Å². The first kappa shape index (κ1) is 23.0. The Balaban J connectivity index is 1.19. The third kappa shape index (κ3) is 6.88. The van der Waals surface area contributed by atoms with Crippen LogP contribution in [0.5, 0.6) is 0 Å². The molecule has 1 heterocycles. The van der Waals surface area contributed by atoms with Gasteiger partial charge in [-0.15, -0.1) is 0 Å². The van der Waals surface area contributed by atoms with Crippen LogP contribution < -0.4 is 5.32 Å². The van der Waals surface area contributed by atoms with Crippen molar-refractivity contribution in [1.82, 2.24) is 15.1 Å². The minimum absolute atomic E-state index is 0.00765. The molecule has 1 atom stereocenters. The number of benzene rings is 3. The second kappa shape index (κ2) is 11.6. The summed E-state index contributed by atoms with van der Waals surface area (Å²) in [5.74, 6) is 0.0899. The van der Waals surface area contributed by atoms with Gasteiger partial charge in [0.05, 0.1) is 12.6 Å². The minimum atomic E-state index is -0.00765. The Morgan fingerprint density at radius 2 is 1.39 bits per heavy atom. The van der Waals surface area contributed by atoms with E-state index in [-0.39, 0.29) is 11.9 Å². The Hall–Kier alpha value is -3.21. The Morgan fingerprint density at radius 3 is 2.06 bits per heavy atom. The first-order valence-electron chi connectivity index (χ1n) is 11.8. The molecular formula is C29H33N3O. The van der Waals surface area contributed by atoms with E-state index in [1.807, 2.05) is 31.2 Å². The molecule has 4 heteroatoms. The van der Waals surface area contributed by atoms with Crippen molar-refractivity contribution in [3.8, 4) is 11.1 Å². The van der Waals surface area contributed by atoms with Crippen molar-refractivity contribution in [1.29, 1.82) is 0 Å². The Labute approximate surface area is 197 Å². The molecule has 1 fully saturated rings. The zero-order valence-electron chi connectivity index (χ0n) is 19.4. The number of hydrogen-bond donors (Lipinski definition) is 1. The maximum atomic E-state index is 12.6. The lowest BCUT2D eigenvalue weighted by Gasteiger charge is -2.33. The lowest BCUT2D eigenvalue weighted by molar-refractivity contribution is -0.123. The summed E-state index contributed by atoms with van der Waals surface area (Å²) >= 11 is 0. The van der Waals surface area contributed by atoms with Gasteiger partial charge in [0.25, 0.3) is 0 Å². The average Bonchev–Trinajstić information content (AvgIpc) is 2.86. The minimum Gasteiger partial charge on any atom is -0.348 e. The van der Waals surface area contributed by atoms with Gasteiger partial charge in [0.15, 0.2) is 0 Å². The molecule has 1 N–H and O–H groups in total. The normalized spacial score (nSPS) is 16.0. The summed E-state index contributed by atoms with van der Waals surface area (Å²) in [5, 5.41) is 3.16. The van der Waals surface area contributed by atoms with E-state index in [9.17, 15) is 4.79 Å². The van der Waals surface area contributed by atoms with Gasteiger partial charge in [-0.3, -0.25) is 14.6 Å². The van der Waals surface area contributed by atoms with Crippen LogP contribution in [0, 0.1) is 0 Å². The first-order chi connectivity index (χ1) is 16.2. The molecule has 1 aliphatic heterocycles. The molecule has 4 rings (SSSR count). The van der Waals surface area contributed by atoms with Gasteiger partial charge >= 0.3 is 0 Å². The van der Waals surface area contributed by atoms with Gasteiger partial charge in [0, 0.05) is 32.7 Å². The molecule has 4 nitrogen and oxygen atoms in total. The number of hydrogen-bond acceptors (Lipinski definition) is 3. The van der Waals surface area contributed by atoms with E-state index in [0.717, 1.165) is 38.3 Å². The highest BCUT2D eigenvalue weighted by Gasteiger charge is 2.19. The summed E-state index contributed by atoms with van der Waals surface area (Å²) in [6, 6.07) is 29.2. The van der Waals surface area contributed by atoms with Crippen LogP contribution >= 0.6 is 0 Å². The molecule has 1 amide bonds. The monoisotopic (exact) mass is 439 g/mol. The third-order valence-corrected chi connectivity index (χ3v) is 6.20.